The van der Waals surface area contributed by atoms with E-state index >= 15 is 0 Å². The number of halogens is 1. The van der Waals surface area contributed by atoms with E-state index in [1.54, 1.807) is 17.8 Å². The van der Waals surface area contributed by atoms with Crippen LogP contribution < -0.4 is 4.74 Å². The van der Waals surface area contributed by atoms with Gasteiger partial charge >= 0.3 is 5.97 Å². The second kappa shape index (κ2) is 11.0. The number of benzene rings is 3. The Hall–Kier alpha value is -2.50. The van der Waals surface area contributed by atoms with Crippen molar-refractivity contribution in [2.75, 3.05) is 12.4 Å². The molecule has 0 atom stereocenters. The summed E-state index contributed by atoms with van der Waals surface area (Å²) >= 11 is 5.18. The molecule has 1 N–H and O–H groups in total. The fraction of sp³-hybridized carbons (Fsp3) is 0.160. The summed E-state index contributed by atoms with van der Waals surface area (Å²) in [5, 5.41) is 8.76. The molecule has 0 radical (unpaired) electrons. The molecular formula is C25H23BrO3S. The fourth-order valence-corrected chi connectivity index (χ4v) is 4.59. The molecule has 0 aliphatic carbocycles. The molecule has 0 fully saturated rings. The fourth-order valence-electron chi connectivity index (χ4n) is 3.14. The maximum Gasteiger partial charge on any atom is 0.341 e. The number of hydrogen-bond acceptors (Lipinski definition) is 3. The van der Waals surface area contributed by atoms with E-state index in [4.69, 9.17) is 9.84 Å². The van der Waals surface area contributed by atoms with Gasteiger partial charge in [0, 0.05) is 10.6 Å². The minimum atomic E-state index is -0.994. The van der Waals surface area contributed by atoms with Crippen LogP contribution >= 0.6 is 27.7 Å². The van der Waals surface area contributed by atoms with Crippen molar-refractivity contribution in [2.24, 2.45) is 0 Å². The van der Waals surface area contributed by atoms with Crippen LogP contribution in [0.5, 0.6) is 5.75 Å². The Morgan fingerprint density at radius 1 is 1.07 bits per heavy atom. The minimum absolute atomic E-state index is 0.356. The van der Waals surface area contributed by atoms with Gasteiger partial charge in [-0.05, 0) is 62.8 Å². The summed E-state index contributed by atoms with van der Waals surface area (Å²) in [5.74, 6) is 0.342. The van der Waals surface area contributed by atoms with Gasteiger partial charge in [-0.15, -0.1) is 11.8 Å². The Balaban J connectivity index is 1.80. The summed E-state index contributed by atoms with van der Waals surface area (Å²) in [6.45, 7) is 1.83. The van der Waals surface area contributed by atoms with Crippen LogP contribution in [0.1, 0.15) is 23.6 Å². The average Bonchev–Trinajstić information content (AvgIpc) is 2.76. The van der Waals surface area contributed by atoms with Crippen molar-refractivity contribution in [3.05, 3.63) is 100 Å². The predicted octanol–water partition coefficient (Wildman–Crippen LogP) is 6.70. The summed E-state index contributed by atoms with van der Waals surface area (Å²) in [6.07, 6.45) is 3.26. The van der Waals surface area contributed by atoms with Crippen molar-refractivity contribution in [3.63, 3.8) is 0 Å². The molecule has 0 amide bonds. The number of thioether (sulfide) groups is 1. The summed E-state index contributed by atoms with van der Waals surface area (Å²) in [6, 6.07) is 24.7. The normalized spacial score (nSPS) is 11.3. The minimum Gasteiger partial charge on any atom is -0.481 e. The van der Waals surface area contributed by atoms with Crippen LogP contribution in [0.15, 0.2) is 88.2 Å². The summed E-state index contributed by atoms with van der Waals surface area (Å²) in [5.41, 5.74) is 5.05. The Kier molecular flexibility index (Phi) is 8.17. The zero-order valence-corrected chi connectivity index (χ0v) is 19.1. The van der Waals surface area contributed by atoms with E-state index in [-0.39, 0.29) is 6.61 Å². The van der Waals surface area contributed by atoms with Gasteiger partial charge in [0.15, 0.2) is 6.61 Å². The summed E-state index contributed by atoms with van der Waals surface area (Å²) < 4.78 is 6.02. The quantitative estimate of drug-likeness (QED) is 0.344. The zero-order chi connectivity index (χ0) is 21.3. The van der Waals surface area contributed by atoms with Crippen molar-refractivity contribution < 1.29 is 14.6 Å². The maximum absolute atomic E-state index is 10.7. The zero-order valence-electron chi connectivity index (χ0n) is 16.7. The van der Waals surface area contributed by atoms with E-state index < -0.39 is 5.97 Å². The van der Waals surface area contributed by atoms with E-state index in [9.17, 15) is 4.79 Å². The van der Waals surface area contributed by atoms with Crippen LogP contribution in [0.25, 0.3) is 5.57 Å². The molecular weight excluding hydrogens is 460 g/mol. The molecule has 0 aromatic heterocycles. The number of hydrogen-bond donors (Lipinski definition) is 1. The van der Waals surface area contributed by atoms with E-state index in [0.717, 1.165) is 21.5 Å². The Bertz CT molecular complexity index is 1030. The van der Waals surface area contributed by atoms with Crippen molar-refractivity contribution in [2.45, 2.75) is 18.2 Å². The van der Waals surface area contributed by atoms with Crippen LogP contribution in [-0.4, -0.2) is 23.4 Å². The van der Waals surface area contributed by atoms with Gasteiger partial charge in [0.2, 0.25) is 0 Å². The molecule has 0 bridgehead atoms. The highest BCUT2D eigenvalue weighted by atomic mass is 79.9. The molecule has 0 saturated carbocycles. The second-order valence-corrected chi connectivity index (χ2v) is 8.53. The second-order valence-electron chi connectivity index (χ2n) is 6.58. The monoisotopic (exact) mass is 482 g/mol. The molecule has 0 aliphatic rings. The lowest BCUT2D eigenvalue weighted by molar-refractivity contribution is -0.139. The number of aryl methyl sites for hydroxylation is 1. The third kappa shape index (κ3) is 6.00. The van der Waals surface area contributed by atoms with Crippen LogP contribution in [0, 0.1) is 0 Å². The lowest BCUT2D eigenvalue weighted by Gasteiger charge is -2.13. The third-order valence-corrected chi connectivity index (χ3v) is 6.11. The Morgan fingerprint density at radius 2 is 1.80 bits per heavy atom. The highest BCUT2D eigenvalue weighted by Gasteiger charge is 2.09. The Labute approximate surface area is 189 Å². The van der Waals surface area contributed by atoms with Crippen molar-refractivity contribution in [1.29, 1.82) is 0 Å². The van der Waals surface area contributed by atoms with Crippen molar-refractivity contribution in [3.8, 4) is 5.75 Å². The molecule has 3 rings (SSSR count). The first-order valence-corrected chi connectivity index (χ1v) is 11.5. The molecule has 3 aromatic carbocycles. The van der Waals surface area contributed by atoms with Gasteiger partial charge < -0.3 is 9.84 Å². The van der Waals surface area contributed by atoms with E-state index in [1.165, 1.54) is 22.3 Å². The predicted molar refractivity (Wildman–Crippen MR) is 127 cm³/mol. The standard InChI is InChI=1S/C25H23BrO3S/c1-2-18-8-6-7-11-21(18)22(19-9-4-3-5-10-19)14-15-30-20-12-13-24(23(26)16-20)29-17-25(27)28/h3-14,16H,2,15,17H2,1H3,(H,27,28)/b22-14-. The lowest BCUT2D eigenvalue weighted by atomic mass is 9.93. The average molecular weight is 483 g/mol. The van der Waals surface area contributed by atoms with Crippen molar-refractivity contribution in [1.82, 2.24) is 0 Å². The molecule has 154 valence electrons. The van der Waals surface area contributed by atoms with Crippen LogP contribution in [-0.2, 0) is 11.2 Å². The van der Waals surface area contributed by atoms with E-state index in [0.29, 0.717) is 5.75 Å². The maximum atomic E-state index is 10.7. The van der Waals surface area contributed by atoms with Gasteiger partial charge in [0.1, 0.15) is 5.75 Å². The van der Waals surface area contributed by atoms with Gasteiger partial charge in [-0.1, -0.05) is 67.6 Å². The smallest absolute Gasteiger partial charge is 0.341 e. The molecule has 3 nitrogen and oxygen atoms in total. The highest BCUT2D eigenvalue weighted by Crippen LogP contribution is 2.32. The van der Waals surface area contributed by atoms with E-state index in [2.05, 4.69) is 77.5 Å². The molecule has 3 aromatic rings. The third-order valence-electron chi connectivity index (χ3n) is 4.57. The van der Waals surface area contributed by atoms with Crippen LogP contribution in [0.2, 0.25) is 0 Å². The SMILES string of the molecule is CCc1ccccc1/C(=C\CSc1ccc(OCC(=O)O)c(Br)c1)c1ccccc1. The van der Waals surface area contributed by atoms with Crippen LogP contribution in [0.4, 0.5) is 0 Å². The van der Waals surface area contributed by atoms with Gasteiger partial charge in [0.05, 0.1) is 4.47 Å². The number of aliphatic carboxylic acids is 1. The number of carboxylic acids is 1. The molecule has 0 heterocycles. The first kappa shape index (κ1) is 22.2. The molecule has 5 heteroatoms. The highest BCUT2D eigenvalue weighted by molar-refractivity contribution is 9.10. The van der Waals surface area contributed by atoms with Gasteiger partial charge in [-0.3, -0.25) is 0 Å². The molecule has 0 aliphatic heterocycles. The number of carbonyl (C=O) groups is 1. The van der Waals surface area contributed by atoms with Crippen molar-refractivity contribution >= 4 is 39.2 Å². The Morgan fingerprint density at radius 3 is 2.50 bits per heavy atom. The largest absolute Gasteiger partial charge is 0.481 e. The lowest BCUT2D eigenvalue weighted by Crippen LogP contribution is -2.09. The number of ether oxygens (including phenoxy) is 1. The summed E-state index contributed by atoms with van der Waals surface area (Å²) in [4.78, 5) is 11.8. The number of carboxylic acid groups (broad SMARTS) is 1. The van der Waals surface area contributed by atoms with E-state index in [1.807, 2.05) is 18.2 Å². The van der Waals surface area contributed by atoms with Gasteiger partial charge in [0.25, 0.3) is 0 Å². The first-order valence-electron chi connectivity index (χ1n) is 9.69. The molecule has 0 unspecified atom stereocenters. The first-order chi connectivity index (χ1) is 14.6. The molecule has 30 heavy (non-hydrogen) atoms. The van der Waals surface area contributed by atoms with Crippen LogP contribution in [0.3, 0.4) is 0 Å². The van der Waals surface area contributed by atoms with Gasteiger partial charge in [-0.25, -0.2) is 4.79 Å². The molecule has 0 spiro atoms. The topological polar surface area (TPSA) is 46.5 Å². The summed E-state index contributed by atoms with van der Waals surface area (Å²) in [7, 11) is 0. The van der Waals surface area contributed by atoms with Gasteiger partial charge in [-0.2, -0.15) is 0 Å². The molecule has 0 saturated heterocycles. The number of rotatable bonds is 9.